The van der Waals surface area contributed by atoms with Crippen LogP contribution in [-0.2, 0) is 14.8 Å². The van der Waals surface area contributed by atoms with Crippen LogP contribution in [0.3, 0.4) is 0 Å². The molecular formula is C22H36ClN3O3S. The molecule has 170 valence electrons. The molecule has 1 aromatic rings. The Balaban J connectivity index is 1.76. The first-order valence-corrected chi connectivity index (χ1v) is 13.2. The Morgan fingerprint density at radius 3 is 2.77 bits per heavy atom. The van der Waals surface area contributed by atoms with E-state index in [1.165, 1.54) is 36.2 Å². The number of halogens is 1. The second kappa shape index (κ2) is 11.9. The molecule has 0 saturated carbocycles. The van der Waals surface area contributed by atoms with Crippen molar-refractivity contribution in [1.82, 2.24) is 10.2 Å². The van der Waals surface area contributed by atoms with Gasteiger partial charge in [0.05, 0.1) is 11.9 Å². The number of hydrogen-bond donors (Lipinski definition) is 1. The van der Waals surface area contributed by atoms with Crippen LogP contribution < -0.4 is 9.62 Å². The van der Waals surface area contributed by atoms with Crippen LogP contribution >= 0.6 is 11.6 Å². The molecule has 8 heteroatoms. The zero-order chi connectivity index (χ0) is 22.1. The quantitative estimate of drug-likeness (QED) is 0.510. The van der Waals surface area contributed by atoms with E-state index in [4.69, 9.17) is 11.6 Å². The van der Waals surface area contributed by atoms with Gasteiger partial charge in [-0.1, -0.05) is 31.0 Å². The number of carbonyl (C=O) groups is 1. The second-order valence-electron chi connectivity index (χ2n) is 8.12. The number of amides is 1. The fraction of sp³-hybridized carbons (Fsp3) is 0.682. The lowest BCUT2D eigenvalue weighted by atomic mass is 10.00. The van der Waals surface area contributed by atoms with E-state index in [0.29, 0.717) is 36.1 Å². The highest BCUT2D eigenvalue weighted by atomic mass is 35.5. The molecule has 0 aromatic heterocycles. The second-order valence-corrected chi connectivity index (χ2v) is 10.4. The highest BCUT2D eigenvalue weighted by molar-refractivity contribution is 7.92. The van der Waals surface area contributed by atoms with Gasteiger partial charge in [0.15, 0.2) is 0 Å². The number of carbonyl (C=O) groups excluding carboxylic acids is 1. The number of piperidine rings is 1. The lowest BCUT2D eigenvalue weighted by Gasteiger charge is -2.35. The van der Waals surface area contributed by atoms with Crippen LogP contribution in [-0.4, -0.2) is 57.7 Å². The summed E-state index contributed by atoms with van der Waals surface area (Å²) in [5, 5.41) is 3.50. The minimum Gasteiger partial charge on any atom is -0.356 e. The molecule has 1 atom stereocenters. The third kappa shape index (κ3) is 7.43. The van der Waals surface area contributed by atoms with Gasteiger partial charge in [0.25, 0.3) is 0 Å². The van der Waals surface area contributed by atoms with E-state index in [2.05, 4.69) is 17.1 Å². The van der Waals surface area contributed by atoms with Gasteiger partial charge in [-0.3, -0.25) is 9.10 Å². The summed E-state index contributed by atoms with van der Waals surface area (Å²) in [5.41, 5.74) is 1.29. The number of rotatable bonds is 11. The van der Waals surface area contributed by atoms with Crippen LogP contribution in [0.1, 0.15) is 57.4 Å². The van der Waals surface area contributed by atoms with Gasteiger partial charge in [0, 0.05) is 37.1 Å². The molecule has 2 rings (SSSR count). The Kier molecular flexibility index (Phi) is 9.91. The number of hydrogen-bond acceptors (Lipinski definition) is 4. The standard InChI is InChI=1S/C22H36ClN3O3S/c1-4-19-10-5-6-15-25(19)16-9-14-24-22(27)13-8-17-26(30(3,28)29)21-12-7-11-20(23)18(21)2/h7,11-12,19H,4-6,8-10,13-17H2,1-3H3,(H,24,27)/t19-/m1/s1. The zero-order valence-corrected chi connectivity index (χ0v) is 20.1. The van der Waals surface area contributed by atoms with Crippen molar-refractivity contribution < 1.29 is 13.2 Å². The van der Waals surface area contributed by atoms with E-state index in [-0.39, 0.29) is 12.5 Å². The molecular weight excluding hydrogens is 422 g/mol. The highest BCUT2D eigenvalue weighted by Crippen LogP contribution is 2.28. The van der Waals surface area contributed by atoms with Gasteiger partial charge in [0.1, 0.15) is 0 Å². The number of anilines is 1. The number of likely N-dealkylation sites (tertiary alicyclic amines) is 1. The first-order valence-electron chi connectivity index (χ1n) is 11.0. The maximum Gasteiger partial charge on any atom is 0.232 e. The summed E-state index contributed by atoms with van der Waals surface area (Å²) >= 11 is 6.15. The van der Waals surface area contributed by atoms with Crippen LogP contribution in [0.5, 0.6) is 0 Å². The molecule has 1 fully saturated rings. The minimum atomic E-state index is -3.46. The Morgan fingerprint density at radius 2 is 2.07 bits per heavy atom. The van der Waals surface area contributed by atoms with Crippen molar-refractivity contribution in [2.75, 3.05) is 36.7 Å². The Morgan fingerprint density at radius 1 is 1.30 bits per heavy atom. The first-order chi connectivity index (χ1) is 14.2. The van der Waals surface area contributed by atoms with Gasteiger partial charge in [-0.2, -0.15) is 0 Å². The van der Waals surface area contributed by atoms with E-state index < -0.39 is 10.0 Å². The Hall–Kier alpha value is -1.31. The maximum atomic E-state index is 12.3. The monoisotopic (exact) mass is 457 g/mol. The average molecular weight is 458 g/mol. The molecule has 0 spiro atoms. The van der Waals surface area contributed by atoms with Crippen molar-refractivity contribution in [3.63, 3.8) is 0 Å². The van der Waals surface area contributed by atoms with E-state index in [1.54, 1.807) is 25.1 Å². The molecule has 0 bridgehead atoms. The zero-order valence-electron chi connectivity index (χ0n) is 18.5. The maximum absolute atomic E-state index is 12.3. The summed E-state index contributed by atoms with van der Waals surface area (Å²) < 4.78 is 25.9. The smallest absolute Gasteiger partial charge is 0.232 e. The average Bonchev–Trinajstić information content (AvgIpc) is 2.70. The lowest BCUT2D eigenvalue weighted by molar-refractivity contribution is -0.121. The van der Waals surface area contributed by atoms with Crippen molar-refractivity contribution in [1.29, 1.82) is 0 Å². The van der Waals surface area contributed by atoms with E-state index >= 15 is 0 Å². The molecule has 0 radical (unpaired) electrons. The third-order valence-electron chi connectivity index (χ3n) is 5.84. The first kappa shape index (κ1) is 25.0. The van der Waals surface area contributed by atoms with Crippen molar-refractivity contribution in [3.8, 4) is 0 Å². The molecule has 1 amide bonds. The van der Waals surface area contributed by atoms with Gasteiger partial charge in [-0.25, -0.2) is 8.42 Å². The van der Waals surface area contributed by atoms with Gasteiger partial charge in [-0.05, 0) is 63.3 Å². The molecule has 0 aliphatic carbocycles. The van der Waals surface area contributed by atoms with Crippen molar-refractivity contribution in [2.24, 2.45) is 0 Å². The molecule has 1 aliphatic rings. The van der Waals surface area contributed by atoms with Crippen LogP contribution in [0.4, 0.5) is 5.69 Å². The van der Waals surface area contributed by atoms with E-state index in [1.807, 2.05) is 0 Å². The van der Waals surface area contributed by atoms with Gasteiger partial charge >= 0.3 is 0 Å². The normalized spacial score (nSPS) is 17.7. The molecule has 0 unspecified atom stereocenters. The molecule has 30 heavy (non-hydrogen) atoms. The van der Waals surface area contributed by atoms with Crippen LogP contribution in [0, 0.1) is 6.92 Å². The van der Waals surface area contributed by atoms with Crippen LogP contribution in [0.25, 0.3) is 0 Å². The van der Waals surface area contributed by atoms with Gasteiger partial charge in [0.2, 0.25) is 15.9 Å². The predicted octanol–water partition coefficient (Wildman–Crippen LogP) is 3.97. The molecule has 1 aliphatic heterocycles. The lowest BCUT2D eigenvalue weighted by Crippen LogP contribution is -2.40. The molecule has 6 nitrogen and oxygen atoms in total. The van der Waals surface area contributed by atoms with Crippen molar-refractivity contribution >= 4 is 33.2 Å². The molecule has 1 N–H and O–H groups in total. The number of sulfonamides is 1. The summed E-state index contributed by atoms with van der Waals surface area (Å²) in [6.45, 7) is 7.14. The summed E-state index contributed by atoms with van der Waals surface area (Å²) in [6, 6.07) is 5.90. The fourth-order valence-electron chi connectivity index (χ4n) is 4.13. The number of nitrogens with one attached hydrogen (secondary N) is 1. The SMILES string of the molecule is CC[C@@H]1CCCCN1CCCNC(=O)CCCN(c1cccc(Cl)c1C)S(C)(=O)=O. The molecule has 1 heterocycles. The van der Waals surface area contributed by atoms with Gasteiger partial charge < -0.3 is 10.2 Å². The van der Waals surface area contributed by atoms with E-state index in [0.717, 1.165) is 25.1 Å². The Bertz CT molecular complexity index is 801. The summed E-state index contributed by atoms with van der Waals surface area (Å²) in [6.07, 6.45) is 7.94. The highest BCUT2D eigenvalue weighted by Gasteiger charge is 2.21. The largest absolute Gasteiger partial charge is 0.356 e. The molecule has 1 saturated heterocycles. The van der Waals surface area contributed by atoms with E-state index in [9.17, 15) is 13.2 Å². The summed E-state index contributed by atoms with van der Waals surface area (Å²) in [7, 11) is -3.46. The topological polar surface area (TPSA) is 69.7 Å². The summed E-state index contributed by atoms with van der Waals surface area (Å²) in [4.78, 5) is 14.7. The third-order valence-corrected chi connectivity index (χ3v) is 7.43. The van der Waals surface area contributed by atoms with Crippen LogP contribution in [0.2, 0.25) is 5.02 Å². The van der Waals surface area contributed by atoms with Crippen molar-refractivity contribution in [3.05, 3.63) is 28.8 Å². The van der Waals surface area contributed by atoms with Crippen LogP contribution in [0.15, 0.2) is 18.2 Å². The number of nitrogens with zero attached hydrogens (tertiary/aromatic N) is 2. The molecule has 1 aromatic carbocycles. The minimum absolute atomic E-state index is 0.0306. The predicted molar refractivity (Wildman–Crippen MR) is 125 cm³/mol. The Labute approximate surface area is 187 Å². The number of benzene rings is 1. The van der Waals surface area contributed by atoms with Gasteiger partial charge in [-0.15, -0.1) is 0 Å². The summed E-state index contributed by atoms with van der Waals surface area (Å²) in [5.74, 6) is -0.0306. The fourth-order valence-corrected chi connectivity index (χ4v) is 5.31. The van der Waals surface area contributed by atoms with Crippen molar-refractivity contribution in [2.45, 2.75) is 64.8 Å².